The molecule has 0 spiro atoms. The lowest BCUT2D eigenvalue weighted by Crippen LogP contribution is -2.51. The predicted octanol–water partition coefficient (Wildman–Crippen LogP) is 5.02. The van der Waals surface area contributed by atoms with Crippen molar-refractivity contribution in [3.63, 3.8) is 0 Å². The number of hydrogen-bond donors (Lipinski definition) is 2. The predicted molar refractivity (Wildman–Crippen MR) is 132 cm³/mol. The van der Waals surface area contributed by atoms with Gasteiger partial charge in [-0.25, -0.2) is 0 Å². The second kappa shape index (κ2) is 11.5. The maximum atomic E-state index is 13.3. The summed E-state index contributed by atoms with van der Waals surface area (Å²) >= 11 is 12.1. The smallest absolute Gasteiger partial charge is 0.253 e. The van der Waals surface area contributed by atoms with E-state index < -0.39 is 11.9 Å². The first kappa shape index (κ1) is 25.1. The van der Waals surface area contributed by atoms with Crippen LogP contribution in [0.3, 0.4) is 0 Å². The molecule has 0 saturated carbocycles. The Hall–Kier alpha value is -2.57. The van der Waals surface area contributed by atoms with Crippen LogP contribution < -0.4 is 10.6 Å². The van der Waals surface area contributed by atoms with Crippen LogP contribution in [-0.4, -0.2) is 41.8 Å². The van der Waals surface area contributed by atoms with Crippen molar-refractivity contribution in [3.8, 4) is 0 Å². The number of anilines is 1. The van der Waals surface area contributed by atoms with E-state index in [1.54, 1.807) is 17.0 Å². The zero-order valence-electron chi connectivity index (χ0n) is 18.8. The Morgan fingerprint density at radius 1 is 1.03 bits per heavy atom. The maximum Gasteiger partial charge on any atom is 0.253 e. The minimum Gasteiger partial charge on any atom is -0.341 e. The van der Waals surface area contributed by atoms with E-state index >= 15 is 0 Å². The van der Waals surface area contributed by atoms with Crippen LogP contribution in [-0.2, 0) is 9.59 Å². The Balaban J connectivity index is 1.60. The lowest BCUT2D eigenvalue weighted by Gasteiger charge is -2.34. The van der Waals surface area contributed by atoms with Gasteiger partial charge in [0.1, 0.15) is 6.04 Å². The van der Waals surface area contributed by atoms with Gasteiger partial charge >= 0.3 is 0 Å². The van der Waals surface area contributed by atoms with E-state index in [1.807, 2.05) is 44.2 Å². The maximum absolute atomic E-state index is 13.3. The highest BCUT2D eigenvalue weighted by atomic mass is 35.5. The number of benzene rings is 2. The Kier molecular flexibility index (Phi) is 8.75. The second-order valence-electron chi connectivity index (χ2n) is 8.73. The van der Waals surface area contributed by atoms with Crippen LogP contribution in [0, 0.1) is 11.8 Å². The molecule has 0 radical (unpaired) electrons. The molecule has 1 fully saturated rings. The Morgan fingerprint density at radius 3 is 2.30 bits per heavy atom. The van der Waals surface area contributed by atoms with E-state index in [-0.39, 0.29) is 34.2 Å². The van der Waals surface area contributed by atoms with Gasteiger partial charge < -0.3 is 15.5 Å². The SMILES string of the molecule is CC(C)CC(NC(=O)c1ccc(Cl)cc1Cl)C(=O)N1CCC(C(=O)Nc2ccccc2)CC1. The number of likely N-dealkylation sites (tertiary alicyclic amines) is 1. The molecule has 6 nitrogen and oxygen atoms in total. The van der Waals surface area contributed by atoms with E-state index in [1.165, 1.54) is 6.07 Å². The number of nitrogens with zero attached hydrogens (tertiary/aromatic N) is 1. The van der Waals surface area contributed by atoms with E-state index in [2.05, 4.69) is 10.6 Å². The largest absolute Gasteiger partial charge is 0.341 e. The molecule has 0 aromatic heterocycles. The highest BCUT2D eigenvalue weighted by Crippen LogP contribution is 2.23. The number of carbonyl (C=O) groups is 3. The molecule has 1 aliphatic rings. The molecule has 2 aromatic rings. The van der Waals surface area contributed by atoms with Gasteiger partial charge in [-0.2, -0.15) is 0 Å². The lowest BCUT2D eigenvalue weighted by atomic mass is 9.94. The first-order valence-corrected chi connectivity index (χ1v) is 11.9. The number of amides is 3. The van der Waals surface area contributed by atoms with Crippen molar-refractivity contribution in [2.45, 2.75) is 39.2 Å². The zero-order valence-corrected chi connectivity index (χ0v) is 20.3. The van der Waals surface area contributed by atoms with Crippen molar-refractivity contribution >= 4 is 46.6 Å². The van der Waals surface area contributed by atoms with E-state index in [0.29, 0.717) is 37.4 Å². The van der Waals surface area contributed by atoms with Gasteiger partial charge in [-0.15, -0.1) is 0 Å². The van der Waals surface area contributed by atoms with Gasteiger partial charge in [0.2, 0.25) is 11.8 Å². The van der Waals surface area contributed by atoms with Crippen LogP contribution in [0.4, 0.5) is 5.69 Å². The molecule has 0 bridgehead atoms. The van der Waals surface area contributed by atoms with Gasteiger partial charge in [-0.05, 0) is 55.5 Å². The van der Waals surface area contributed by atoms with Crippen molar-refractivity contribution in [1.82, 2.24) is 10.2 Å². The third-order valence-electron chi connectivity index (χ3n) is 5.71. The highest BCUT2D eigenvalue weighted by molar-refractivity contribution is 6.36. The number of carbonyl (C=O) groups excluding carboxylic acids is 3. The fourth-order valence-corrected chi connectivity index (χ4v) is 4.45. The Labute approximate surface area is 204 Å². The van der Waals surface area contributed by atoms with Gasteiger partial charge in [-0.1, -0.05) is 55.2 Å². The Morgan fingerprint density at radius 2 is 1.70 bits per heavy atom. The average Bonchev–Trinajstić information content (AvgIpc) is 2.78. The van der Waals surface area contributed by atoms with Gasteiger partial charge in [0.15, 0.2) is 0 Å². The van der Waals surface area contributed by atoms with Gasteiger partial charge in [0.05, 0.1) is 10.6 Å². The minimum absolute atomic E-state index is 0.0299. The first-order chi connectivity index (χ1) is 15.7. The quantitative estimate of drug-likeness (QED) is 0.573. The number of para-hydroxylation sites is 1. The molecule has 1 heterocycles. The van der Waals surface area contributed by atoms with Crippen LogP contribution >= 0.6 is 23.2 Å². The summed E-state index contributed by atoms with van der Waals surface area (Å²) in [5.41, 5.74) is 1.04. The van der Waals surface area contributed by atoms with Crippen LogP contribution in [0.1, 0.15) is 43.5 Å². The van der Waals surface area contributed by atoms with E-state index in [4.69, 9.17) is 23.2 Å². The monoisotopic (exact) mass is 489 g/mol. The molecule has 2 aromatic carbocycles. The fourth-order valence-electron chi connectivity index (χ4n) is 3.95. The van der Waals surface area contributed by atoms with Crippen molar-refractivity contribution in [2.75, 3.05) is 18.4 Å². The van der Waals surface area contributed by atoms with Gasteiger partial charge in [-0.3, -0.25) is 14.4 Å². The first-order valence-electron chi connectivity index (χ1n) is 11.1. The number of piperidine rings is 1. The lowest BCUT2D eigenvalue weighted by molar-refractivity contribution is -0.136. The van der Waals surface area contributed by atoms with Crippen LogP contribution in [0.5, 0.6) is 0 Å². The van der Waals surface area contributed by atoms with Crippen molar-refractivity contribution in [1.29, 1.82) is 0 Å². The molecule has 8 heteroatoms. The van der Waals surface area contributed by atoms with Crippen LogP contribution in [0.25, 0.3) is 0 Å². The second-order valence-corrected chi connectivity index (χ2v) is 9.58. The topological polar surface area (TPSA) is 78.5 Å². The Bertz CT molecular complexity index is 990. The summed E-state index contributed by atoms with van der Waals surface area (Å²) in [7, 11) is 0. The molecule has 2 N–H and O–H groups in total. The van der Waals surface area contributed by atoms with Crippen molar-refractivity contribution in [2.24, 2.45) is 11.8 Å². The fraction of sp³-hybridized carbons (Fsp3) is 0.400. The van der Waals surface area contributed by atoms with Gasteiger partial charge in [0.25, 0.3) is 5.91 Å². The number of nitrogens with one attached hydrogen (secondary N) is 2. The van der Waals surface area contributed by atoms with Crippen LogP contribution in [0.2, 0.25) is 10.0 Å². The normalized spacial score (nSPS) is 15.2. The van der Waals surface area contributed by atoms with E-state index in [0.717, 1.165) is 5.69 Å². The molecule has 176 valence electrons. The number of halogens is 2. The molecule has 0 aliphatic carbocycles. The van der Waals surface area contributed by atoms with Gasteiger partial charge in [0, 0.05) is 29.7 Å². The molecular weight excluding hydrogens is 461 g/mol. The average molecular weight is 490 g/mol. The number of hydrogen-bond acceptors (Lipinski definition) is 3. The third kappa shape index (κ3) is 6.95. The zero-order chi connectivity index (χ0) is 24.0. The molecule has 1 atom stereocenters. The molecule has 3 rings (SSSR count). The molecule has 1 aliphatic heterocycles. The van der Waals surface area contributed by atoms with Crippen molar-refractivity contribution < 1.29 is 14.4 Å². The molecule has 1 unspecified atom stereocenters. The summed E-state index contributed by atoms with van der Waals surface area (Å²) in [5, 5.41) is 6.46. The van der Waals surface area contributed by atoms with Crippen LogP contribution in [0.15, 0.2) is 48.5 Å². The molecule has 1 saturated heterocycles. The number of rotatable bonds is 7. The summed E-state index contributed by atoms with van der Waals surface area (Å²) in [6.07, 6.45) is 1.66. The third-order valence-corrected chi connectivity index (χ3v) is 6.25. The summed E-state index contributed by atoms with van der Waals surface area (Å²) in [5.74, 6) is -0.524. The summed E-state index contributed by atoms with van der Waals surface area (Å²) in [4.78, 5) is 40.4. The minimum atomic E-state index is -0.668. The summed E-state index contributed by atoms with van der Waals surface area (Å²) in [6, 6.07) is 13.3. The molecule has 33 heavy (non-hydrogen) atoms. The summed E-state index contributed by atoms with van der Waals surface area (Å²) in [6.45, 7) is 4.94. The highest BCUT2D eigenvalue weighted by Gasteiger charge is 2.32. The molecule has 3 amide bonds. The van der Waals surface area contributed by atoms with Crippen molar-refractivity contribution in [3.05, 3.63) is 64.1 Å². The standard InChI is InChI=1S/C25H29Cl2N3O3/c1-16(2)14-22(29-24(32)20-9-8-18(26)15-21(20)27)25(33)30-12-10-17(11-13-30)23(31)28-19-6-4-3-5-7-19/h3-9,15-17,22H,10-14H2,1-2H3,(H,28,31)(H,29,32). The molecular formula is C25H29Cl2N3O3. The summed E-state index contributed by atoms with van der Waals surface area (Å²) < 4.78 is 0. The van der Waals surface area contributed by atoms with E-state index in [9.17, 15) is 14.4 Å².